The van der Waals surface area contributed by atoms with Crippen LogP contribution in [0.15, 0.2) is 12.3 Å². The van der Waals surface area contributed by atoms with Crippen LogP contribution < -0.4 is 0 Å². The van der Waals surface area contributed by atoms with Gasteiger partial charge in [-0.3, -0.25) is 4.79 Å². The second-order valence-corrected chi connectivity index (χ2v) is 7.09. The zero-order valence-corrected chi connectivity index (χ0v) is 14.4. The van der Waals surface area contributed by atoms with Crippen LogP contribution in [0.2, 0.25) is 10.2 Å². The van der Waals surface area contributed by atoms with Crippen molar-refractivity contribution in [2.24, 2.45) is 0 Å². The van der Waals surface area contributed by atoms with Gasteiger partial charge in [0.15, 0.2) is 0 Å². The van der Waals surface area contributed by atoms with Gasteiger partial charge in [0, 0.05) is 22.6 Å². The maximum atomic E-state index is 11.3. The van der Waals surface area contributed by atoms with Crippen molar-refractivity contribution in [3.8, 4) is 0 Å². The molecule has 1 saturated heterocycles. The van der Waals surface area contributed by atoms with Gasteiger partial charge in [0.05, 0.1) is 17.6 Å². The molecule has 1 unspecified atom stereocenters. The van der Waals surface area contributed by atoms with E-state index < -0.39 is 30.1 Å². The van der Waals surface area contributed by atoms with E-state index in [9.17, 15) is 9.90 Å². The quantitative estimate of drug-likeness (QED) is 0.667. The van der Waals surface area contributed by atoms with Gasteiger partial charge in [0.25, 0.3) is 0 Å². The number of nitrogens with zero attached hydrogens (tertiary/aromatic N) is 1. The van der Waals surface area contributed by atoms with Gasteiger partial charge in [-0.25, -0.2) is 4.98 Å². The van der Waals surface area contributed by atoms with Crippen molar-refractivity contribution >= 4 is 36.3 Å². The third kappa shape index (κ3) is 3.25. The lowest BCUT2D eigenvalue weighted by Gasteiger charge is -2.32. The summed E-state index contributed by atoms with van der Waals surface area (Å²) in [6.07, 6.45) is 1.25. The van der Waals surface area contributed by atoms with Crippen molar-refractivity contribution in [2.75, 3.05) is 0 Å². The Morgan fingerprint density at radius 2 is 1.86 bits per heavy atom. The van der Waals surface area contributed by atoms with E-state index in [-0.39, 0.29) is 11.6 Å². The summed E-state index contributed by atoms with van der Waals surface area (Å²) in [7, 11) is -0.764. The van der Waals surface area contributed by atoms with Crippen LogP contribution in [-0.2, 0) is 14.1 Å². The van der Waals surface area contributed by atoms with E-state index in [1.54, 1.807) is 6.07 Å². The summed E-state index contributed by atoms with van der Waals surface area (Å²) in [6, 6.07) is 1.57. The van der Waals surface area contributed by atoms with Crippen LogP contribution >= 0.6 is 23.2 Å². The number of pyridine rings is 1. The maximum absolute atomic E-state index is 11.3. The molecule has 0 aromatic carbocycles. The monoisotopic (exact) mass is 345 g/mol. The summed E-state index contributed by atoms with van der Waals surface area (Å²) in [5.41, 5.74) is -0.711. The molecule has 1 fully saturated rings. The van der Waals surface area contributed by atoms with Crippen LogP contribution in [0.25, 0.3) is 0 Å². The second kappa shape index (κ2) is 6.00. The zero-order valence-electron chi connectivity index (χ0n) is 12.9. The Balaban J connectivity index is 2.43. The van der Waals surface area contributed by atoms with E-state index in [1.807, 2.05) is 27.7 Å². The molecule has 2 rings (SSSR count). The Morgan fingerprint density at radius 1 is 1.32 bits per heavy atom. The summed E-state index contributed by atoms with van der Waals surface area (Å²) >= 11 is 12.3. The number of rotatable bonds is 4. The van der Waals surface area contributed by atoms with Crippen LogP contribution in [0.4, 0.5) is 0 Å². The topological polar surface area (TPSA) is 68.7 Å². The predicted molar refractivity (Wildman–Crippen MR) is 85.3 cm³/mol. The first-order chi connectivity index (χ1) is 10.0. The van der Waals surface area contributed by atoms with E-state index in [2.05, 4.69) is 4.98 Å². The highest BCUT2D eigenvalue weighted by Crippen LogP contribution is 2.44. The van der Waals surface area contributed by atoms with Crippen LogP contribution in [-0.4, -0.2) is 34.4 Å². The highest BCUT2D eigenvalue weighted by molar-refractivity contribution is 6.49. The molecule has 1 aliphatic heterocycles. The molecule has 1 atom stereocenters. The minimum absolute atomic E-state index is 0.161. The van der Waals surface area contributed by atoms with Gasteiger partial charge in [-0.05, 0) is 33.8 Å². The average Bonchev–Trinajstić information content (AvgIpc) is 2.56. The Bertz CT molecular complexity index is 558. The predicted octanol–water partition coefficient (Wildman–Crippen LogP) is 3.58. The van der Waals surface area contributed by atoms with E-state index in [0.717, 1.165) is 0 Å². The highest BCUT2D eigenvalue weighted by Gasteiger charge is 2.54. The van der Waals surface area contributed by atoms with Crippen molar-refractivity contribution in [1.82, 2.24) is 4.98 Å². The molecule has 0 amide bonds. The molecule has 0 saturated carbocycles. The molecule has 1 aromatic heterocycles. The lowest BCUT2D eigenvalue weighted by Crippen LogP contribution is -2.41. The molecular weight excluding hydrogens is 328 g/mol. The lowest BCUT2D eigenvalue weighted by molar-refractivity contribution is -0.137. The number of carboxylic acids is 1. The Kier molecular flexibility index (Phi) is 4.78. The molecule has 1 aliphatic rings. The Hall–Kier alpha value is -0.815. The number of hydrogen-bond acceptors (Lipinski definition) is 4. The van der Waals surface area contributed by atoms with Crippen LogP contribution in [0.5, 0.6) is 0 Å². The molecular formula is C14H18BCl2NO4. The van der Waals surface area contributed by atoms with Crippen molar-refractivity contribution in [3.63, 3.8) is 0 Å². The van der Waals surface area contributed by atoms with Gasteiger partial charge in [0.1, 0.15) is 5.15 Å². The van der Waals surface area contributed by atoms with Gasteiger partial charge >= 0.3 is 13.1 Å². The number of carbonyl (C=O) groups is 1. The van der Waals surface area contributed by atoms with Gasteiger partial charge in [0.2, 0.25) is 0 Å². The van der Waals surface area contributed by atoms with Gasteiger partial charge in [-0.15, -0.1) is 0 Å². The fourth-order valence-corrected chi connectivity index (χ4v) is 2.96. The van der Waals surface area contributed by atoms with Crippen LogP contribution in [0, 0.1) is 0 Å². The standard InChI is InChI=1S/C14H18BCl2NO4/c1-13(2)14(3,4)22-15(21-13)8(7-10(19)20)11-9(16)5-6-18-12(11)17/h5-6,8H,7H2,1-4H3,(H,19,20). The van der Waals surface area contributed by atoms with E-state index >= 15 is 0 Å². The summed E-state index contributed by atoms with van der Waals surface area (Å²) < 4.78 is 11.9. The molecule has 0 spiro atoms. The summed E-state index contributed by atoms with van der Waals surface area (Å²) in [4.78, 5) is 15.3. The first kappa shape index (κ1) is 17.5. The molecule has 2 heterocycles. The molecule has 8 heteroatoms. The molecule has 1 N–H and O–H groups in total. The molecule has 0 bridgehead atoms. The Morgan fingerprint density at radius 3 is 2.32 bits per heavy atom. The van der Waals surface area contributed by atoms with E-state index in [4.69, 9.17) is 32.5 Å². The number of aromatic nitrogens is 1. The molecule has 0 aliphatic carbocycles. The minimum Gasteiger partial charge on any atom is -0.481 e. The number of aliphatic carboxylic acids is 1. The lowest BCUT2D eigenvalue weighted by atomic mass is 9.66. The van der Waals surface area contributed by atoms with E-state index in [0.29, 0.717) is 10.6 Å². The zero-order chi connectivity index (χ0) is 16.7. The van der Waals surface area contributed by atoms with Crippen molar-refractivity contribution in [2.45, 2.75) is 51.1 Å². The van der Waals surface area contributed by atoms with Gasteiger partial charge in [-0.1, -0.05) is 23.2 Å². The first-order valence-corrected chi connectivity index (χ1v) is 7.68. The fourth-order valence-electron chi connectivity index (χ4n) is 2.33. The smallest absolute Gasteiger partial charge is 0.466 e. The highest BCUT2D eigenvalue weighted by atomic mass is 35.5. The van der Waals surface area contributed by atoms with Crippen molar-refractivity contribution in [1.29, 1.82) is 0 Å². The molecule has 5 nitrogen and oxygen atoms in total. The number of hydrogen-bond donors (Lipinski definition) is 1. The molecule has 0 radical (unpaired) electrons. The van der Waals surface area contributed by atoms with Crippen LogP contribution in [0.1, 0.15) is 45.5 Å². The largest absolute Gasteiger partial charge is 0.481 e. The molecule has 1 aromatic rings. The summed E-state index contributed by atoms with van der Waals surface area (Å²) in [5, 5.41) is 9.74. The first-order valence-electron chi connectivity index (χ1n) is 6.92. The third-order valence-electron chi connectivity index (χ3n) is 4.25. The summed E-state index contributed by atoms with van der Waals surface area (Å²) in [5.74, 6) is -1.64. The minimum atomic E-state index is -0.990. The molecule has 22 heavy (non-hydrogen) atoms. The van der Waals surface area contributed by atoms with Crippen LogP contribution in [0.3, 0.4) is 0 Å². The van der Waals surface area contributed by atoms with E-state index in [1.165, 1.54) is 6.20 Å². The third-order valence-corrected chi connectivity index (χ3v) is 4.88. The van der Waals surface area contributed by atoms with Crippen molar-refractivity contribution in [3.05, 3.63) is 28.0 Å². The SMILES string of the molecule is CC1(C)OB(C(CC(=O)O)c2c(Cl)ccnc2Cl)OC1(C)C. The maximum Gasteiger partial charge on any atom is 0.466 e. The Labute approximate surface area is 140 Å². The second-order valence-electron chi connectivity index (χ2n) is 6.33. The summed E-state index contributed by atoms with van der Waals surface area (Å²) in [6.45, 7) is 7.60. The average molecular weight is 346 g/mol. The molecule has 120 valence electrons. The number of carboxylic acid groups (broad SMARTS) is 1. The van der Waals surface area contributed by atoms with Crippen molar-refractivity contribution < 1.29 is 19.2 Å². The van der Waals surface area contributed by atoms with Gasteiger partial charge < -0.3 is 14.4 Å². The van der Waals surface area contributed by atoms with Gasteiger partial charge in [-0.2, -0.15) is 0 Å². The number of halogens is 2. The fraction of sp³-hybridized carbons (Fsp3) is 0.571. The normalized spacial score (nSPS) is 20.9.